The van der Waals surface area contributed by atoms with Crippen LogP contribution in [0, 0.1) is 12.8 Å². The van der Waals surface area contributed by atoms with Crippen molar-refractivity contribution in [1.82, 2.24) is 4.57 Å². The molecule has 1 fully saturated rings. The first kappa shape index (κ1) is 19.9. The average molecular weight is 387 g/mol. The molecule has 1 heterocycles. The van der Waals surface area contributed by atoms with E-state index in [0.717, 1.165) is 55.1 Å². The van der Waals surface area contributed by atoms with Gasteiger partial charge < -0.3 is 4.57 Å². The third kappa shape index (κ3) is 4.17. The maximum Gasteiger partial charge on any atom is 0.0671 e. The number of fused-ring (bicyclic) bond motifs is 1. The molecule has 2 heteroatoms. The molecule has 0 radical (unpaired) electrons. The minimum absolute atomic E-state index is 0.845. The lowest BCUT2D eigenvalue weighted by Crippen LogP contribution is -2.32. The van der Waals surface area contributed by atoms with Crippen molar-refractivity contribution in [2.24, 2.45) is 10.9 Å². The van der Waals surface area contributed by atoms with E-state index in [1.54, 1.807) is 0 Å². The van der Waals surface area contributed by atoms with E-state index in [-0.39, 0.29) is 0 Å². The summed E-state index contributed by atoms with van der Waals surface area (Å²) in [6, 6.07) is 6.87. The Morgan fingerprint density at radius 1 is 1.14 bits per heavy atom. The highest BCUT2D eigenvalue weighted by Gasteiger charge is 2.24. The second-order valence-corrected chi connectivity index (χ2v) is 8.92. The Morgan fingerprint density at radius 3 is 2.59 bits per heavy atom. The van der Waals surface area contributed by atoms with Gasteiger partial charge in [-0.3, -0.25) is 4.99 Å². The molecular formula is C27H34N2. The lowest BCUT2D eigenvalue weighted by Gasteiger charge is -2.14. The monoisotopic (exact) mass is 386 g/mol. The van der Waals surface area contributed by atoms with Crippen LogP contribution >= 0.6 is 0 Å². The summed E-state index contributed by atoms with van der Waals surface area (Å²) in [5, 5.41) is 2.80. The van der Waals surface area contributed by atoms with E-state index in [9.17, 15) is 0 Å². The lowest BCUT2D eigenvalue weighted by atomic mass is 9.96. The molecule has 0 spiro atoms. The Hall–Kier alpha value is -2.35. The summed E-state index contributed by atoms with van der Waals surface area (Å²) in [5.41, 5.74) is 8.51. The molecule has 2 aromatic rings. The molecule has 152 valence electrons. The minimum Gasteiger partial charge on any atom is -0.339 e. The van der Waals surface area contributed by atoms with Crippen LogP contribution in [-0.2, 0) is 13.0 Å². The number of hydrogen-bond donors (Lipinski definition) is 0. The summed E-state index contributed by atoms with van der Waals surface area (Å²) in [6.45, 7) is 14.0. The van der Waals surface area contributed by atoms with Crippen molar-refractivity contribution in [3.05, 3.63) is 57.7 Å². The smallest absolute Gasteiger partial charge is 0.0671 e. The van der Waals surface area contributed by atoms with Gasteiger partial charge in [0.1, 0.15) is 0 Å². The second kappa shape index (κ2) is 8.18. The maximum absolute atomic E-state index is 5.17. The largest absolute Gasteiger partial charge is 0.339 e. The Bertz CT molecular complexity index is 1090. The molecule has 0 N–H and O–H groups in total. The minimum atomic E-state index is 0.845. The first-order valence-corrected chi connectivity index (χ1v) is 11.2. The van der Waals surface area contributed by atoms with Gasteiger partial charge in [0.2, 0.25) is 0 Å². The van der Waals surface area contributed by atoms with Crippen molar-refractivity contribution < 1.29 is 0 Å². The van der Waals surface area contributed by atoms with Crippen molar-refractivity contribution in [2.75, 3.05) is 0 Å². The van der Waals surface area contributed by atoms with Crippen molar-refractivity contribution in [3.63, 3.8) is 0 Å². The van der Waals surface area contributed by atoms with Crippen molar-refractivity contribution >= 4 is 29.1 Å². The fourth-order valence-electron chi connectivity index (χ4n) is 4.38. The van der Waals surface area contributed by atoms with Crippen LogP contribution < -0.4 is 10.6 Å². The summed E-state index contributed by atoms with van der Waals surface area (Å²) < 4.78 is 2.53. The predicted molar refractivity (Wildman–Crippen MR) is 126 cm³/mol. The number of nitrogens with zero attached hydrogens (tertiary/aromatic N) is 2. The summed E-state index contributed by atoms with van der Waals surface area (Å²) in [7, 11) is 0. The summed E-state index contributed by atoms with van der Waals surface area (Å²) >= 11 is 0. The van der Waals surface area contributed by atoms with Crippen molar-refractivity contribution in [3.8, 4) is 0 Å². The maximum atomic E-state index is 5.17. The van der Waals surface area contributed by atoms with E-state index in [4.69, 9.17) is 4.99 Å². The van der Waals surface area contributed by atoms with Crippen LogP contribution in [0.5, 0.6) is 0 Å². The van der Waals surface area contributed by atoms with Crippen LogP contribution in [0.2, 0.25) is 0 Å². The number of allylic oxidation sites excluding steroid dienone is 1. The number of aliphatic imine (C=N–C) groups is 1. The SMILES string of the molecule is C=C(C)c1cc(CCC)c(C)c(N=C(C)c2cc3c(n2CC2CC2)=CCCC=3)c1. The number of benzene rings is 1. The van der Waals surface area contributed by atoms with E-state index in [1.165, 1.54) is 45.8 Å². The molecule has 0 unspecified atom stereocenters. The normalized spacial score (nSPS) is 16.2. The Balaban J connectivity index is 1.82. The van der Waals surface area contributed by atoms with E-state index in [1.807, 2.05) is 0 Å². The molecule has 0 bridgehead atoms. The quantitative estimate of drug-likeness (QED) is 0.544. The lowest BCUT2D eigenvalue weighted by molar-refractivity contribution is 0.610. The summed E-state index contributed by atoms with van der Waals surface area (Å²) in [4.78, 5) is 5.17. The Labute approximate surface area is 175 Å². The fourth-order valence-corrected chi connectivity index (χ4v) is 4.38. The number of aromatic nitrogens is 1. The highest BCUT2D eigenvalue weighted by Crippen LogP contribution is 2.31. The van der Waals surface area contributed by atoms with Gasteiger partial charge >= 0.3 is 0 Å². The van der Waals surface area contributed by atoms with Gasteiger partial charge in [-0.15, -0.1) is 0 Å². The number of aryl methyl sites for hydroxylation is 1. The van der Waals surface area contributed by atoms with E-state index < -0.39 is 0 Å². The van der Waals surface area contributed by atoms with E-state index in [0.29, 0.717) is 0 Å². The van der Waals surface area contributed by atoms with Crippen LogP contribution in [0.1, 0.15) is 75.3 Å². The van der Waals surface area contributed by atoms with Gasteiger partial charge in [-0.05, 0) is 92.8 Å². The molecule has 2 aliphatic rings. The van der Waals surface area contributed by atoms with Gasteiger partial charge in [0.05, 0.1) is 17.1 Å². The van der Waals surface area contributed by atoms with E-state index >= 15 is 0 Å². The molecule has 4 rings (SSSR count). The molecule has 29 heavy (non-hydrogen) atoms. The molecule has 2 aliphatic carbocycles. The molecule has 1 aromatic heterocycles. The summed E-state index contributed by atoms with van der Waals surface area (Å²) in [5.74, 6) is 0.845. The third-order valence-electron chi connectivity index (χ3n) is 6.33. The van der Waals surface area contributed by atoms with Crippen LogP contribution in [0.15, 0.2) is 29.8 Å². The molecule has 0 aliphatic heterocycles. The van der Waals surface area contributed by atoms with Crippen LogP contribution in [0.3, 0.4) is 0 Å². The molecule has 2 nitrogen and oxygen atoms in total. The zero-order chi connectivity index (χ0) is 20.5. The van der Waals surface area contributed by atoms with Crippen LogP contribution in [0.25, 0.3) is 17.7 Å². The molecule has 0 amide bonds. The first-order chi connectivity index (χ1) is 14.0. The van der Waals surface area contributed by atoms with Crippen LogP contribution in [0.4, 0.5) is 5.69 Å². The molecule has 0 saturated heterocycles. The van der Waals surface area contributed by atoms with Gasteiger partial charge in [-0.25, -0.2) is 0 Å². The first-order valence-electron chi connectivity index (χ1n) is 11.2. The van der Waals surface area contributed by atoms with Gasteiger partial charge in [0.25, 0.3) is 0 Å². The topological polar surface area (TPSA) is 17.3 Å². The molecular weight excluding hydrogens is 352 g/mol. The van der Waals surface area contributed by atoms with Gasteiger partial charge in [0.15, 0.2) is 0 Å². The zero-order valence-electron chi connectivity index (χ0n) is 18.5. The van der Waals surface area contributed by atoms with Gasteiger partial charge in [-0.1, -0.05) is 43.7 Å². The molecule has 0 atom stereocenters. The Morgan fingerprint density at radius 2 is 1.90 bits per heavy atom. The van der Waals surface area contributed by atoms with Crippen LogP contribution in [-0.4, -0.2) is 10.3 Å². The molecule has 1 saturated carbocycles. The molecule has 1 aromatic carbocycles. The average Bonchev–Trinajstić information content (AvgIpc) is 3.44. The zero-order valence-corrected chi connectivity index (χ0v) is 18.5. The summed E-state index contributed by atoms with van der Waals surface area (Å²) in [6.07, 6.45) is 12.1. The predicted octanol–water partition coefficient (Wildman–Crippen LogP) is 5.69. The second-order valence-electron chi connectivity index (χ2n) is 8.92. The highest BCUT2D eigenvalue weighted by atomic mass is 15.0. The highest BCUT2D eigenvalue weighted by molar-refractivity contribution is 5.99. The van der Waals surface area contributed by atoms with Gasteiger partial charge in [0, 0.05) is 11.9 Å². The standard InChI is InChI=1S/C27H34N2/c1-6-9-22-14-24(18(2)3)15-25(19(22)4)28-20(5)27-16-23-10-7-8-11-26(23)29(27)17-21-12-13-21/h10-11,14-16,21H,2,6-9,12-13,17H2,1,3-5H3. The number of hydrogen-bond acceptors (Lipinski definition) is 1. The Kier molecular flexibility index (Phi) is 5.63. The van der Waals surface area contributed by atoms with Gasteiger partial charge in [-0.2, -0.15) is 0 Å². The fraction of sp³-hybridized carbons (Fsp3) is 0.444. The van der Waals surface area contributed by atoms with Crippen molar-refractivity contribution in [2.45, 2.75) is 72.8 Å². The van der Waals surface area contributed by atoms with E-state index in [2.05, 4.69) is 69.2 Å². The third-order valence-corrected chi connectivity index (χ3v) is 6.33. The van der Waals surface area contributed by atoms with Crippen molar-refractivity contribution in [1.29, 1.82) is 0 Å². The number of rotatable bonds is 7.